The quantitative estimate of drug-likeness (QED) is 0.275. The van der Waals surface area contributed by atoms with Crippen LogP contribution in [0, 0.1) is 19.8 Å². The largest absolute Gasteiger partial charge is 0.444 e. The Morgan fingerprint density at radius 2 is 1.52 bits per heavy atom. The van der Waals surface area contributed by atoms with Crippen LogP contribution in [0.2, 0.25) is 0 Å². The standard InChI is InChI=1S/C35H47N3O4/c1-11-35(9,10)38(32(40)29(22(2)3)37-33(41)42-34(6,7)8)30(28-19-16-23(4)20-24(28)5)31(39)36-27-18-17-25-14-12-13-15-26(25)21-27/h12-22,29-30H,11H2,1-10H3,(H,36,39)(H,37,41). The molecule has 3 aromatic carbocycles. The lowest BCUT2D eigenvalue weighted by molar-refractivity contribution is -0.148. The summed E-state index contributed by atoms with van der Waals surface area (Å²) in [5.41, 5.74) is 1.88. The van der Waals surface area contributed by atoms with E-state index >= 15 is 0 Å². The van der Waals surface area contributed by atoms with E-state index in [0.29, 0.717) is 12.1 Å². The van der Waals surface area contributed by atoms with Gasteiger partial charge in [0, 0.05) is 11.2 Å². The van der Waals surface area contributed by atoms with Crippen LogP contribution in [0.3, 0.4) is 0 Å². The van der Waals surface area contributed by atoms with Crippen LogP contribution in [-0.4, -0.2) is 40.0 Å². The topological polar surface area (TPSA) is 87.7 Å². The van der Waals surface area contributed by atoms with Crippen molar-refractivity contribution in [2.24, 2.45) is 5.92 Å². The lowest BCUT2D eigenvalue weighted by Crippen LogP contribution is -2.60. The smallest absolute Gasteiger partial charge is 0.408 e. The molecule has 7 nitrogen and oxygen atoms in total. The maximum atomic E-state index is 14.6. The van der Waals surface area contributed by atoms with Crippen LogP contribution in [0.5, 0.6) is 0 Å². The van der Waals surface area contributed by atoms with E-state index in [1.54, 1.807) is 25.7 Å². The molecule has 0 aliphatic carbocycles. The Bertz CT molecular complexity index is 1440. The molecule has 3 amide bonds. The van der Waals surface area contributed by atoms with Crippen molar-refractivity contribution in [3.63, 3.8) is 0 Å². The number of carbonyl (C=O) groups excluding carboxylic acids is 3. The molecule has 7 heteroatoms. The second-order valence-electron chi connectivity index (χ2n) is 13.1. The molecule has 2 atom stereocenters. The van der Waals surface area contributed by atoms with E-state index in [9.17, 15) is 14.4 Å². The van der Waals surface area contributed by atoms with Crippen LogP contribution in [0.1, 0.15) is 84.5 Å². The highest BCUT2D eigenvalue weighted by Gasteiger charge is 2.44. The molecular weight excluding hydrogens is 526 g/mol. The summed E-state index contributed by atoms with van der Waals surface area (Å²) in [6.07, 6.45) is -0.0896. The number of anilines is 1. The molecule has 3 aromatic rings. The number of fused-ring (bicyclic) bond motifs is 1. The molecular formula is C35H47N3O4. The normalized spacial score (nSPS) is 13.4. The molecule has 226 valence electrons. The number of hydrogen-bond acceptors (Lipinski definition) is 4. The van der Waals surface area contributed by atoms with E-state index in [1.165, 1.54) is 0 Å². The second-order valence-corrected chi connectivity index (χ2v) is 13.1. The molecule has 0 aliphatic heterocycles. The first kappa shape index (κ1) is 32.6. The number of rotatable bonds is 9. The second kappa shape index (κ2) is 13.0. The summed E-state index contributed by atoms with van der Waals surface area (Å²) < 4.78 is 5.50. The number of alkyl carbamates (subject to hydrolysis) is 1. The number of hydrogen-bond donors (Lipinski definition) is 2. The van der Waals surface area contributed by atoms with Crippen molar-refractivity contribution in [3.05, 3.63) is 77.4 Å². The Hall–Kier alpha value is -3.87. The molecule has 0 spiro atoms. The number of nitrogens with one attached hydrogen (secondary N) is 2. The van der Waals surface area contributed by atoms with Gasteiger partial charge in [-0.3, -0.25) is 9.59 Å². The molecule has 0 radical (unpaired) electrons. The predicted octanol–water partition coefficient (Wildman–Crippen LogP) is 7.70. The number of carbonyl (C=O) groups is 3. The van der Waals surface area contributed by atoms with Crippen molar-refractivity contribution in [3.8, 4) is 0 Å². The van der Waals surface area contributed by atoms with E-state index in [-0.39, 0.29) is 17.7 Å². The third kappa shape index (κ3) is 7.90. The Kier molecular flexibility index (Phi) is 10.1. The van der Waals surface area contributed by atoms with E-state index in [4.69, 9.17) is 4.74 Å². The summed E-state index contributed by atoms with van der Waals surface area (Å²) in [5, 5.41) is 7.97. The number of amides is 3. The zero-order valence-electron chi connectivity index (χ0n) is 26.8. The van der Waals surface area contributed by atoms with E-state index in [0.717, 1.165) is 27.5 Å². The molecule has 0 fully saturated rings. The Morgan fingerprint density at radius 3 is 2.10 bits per heavy atom. The van der Waals surface area contributed by atoms with Gasteiger partial charge in [0.15, 0.2) is 0 Å². The van der Waals surface area contributed by atoms with Crippen LogP contribution in [0.25, 0.3) is 10.8 Å². The lowest BCUT2D eigenvalue weighted by atomic mass is 9.88. The molecule has 42 heavy (non-hydrogen) atoms. The number of aryl methyl sites for hydroxylation is 2. The highest BCUT2D eigenvalue weighted by molar-refractivity contribution is 6.01. The first-order chi connectivity index (χ1) is 19.5. The minimum absolute atomic E-state index is 0.261. The molecule has 2 unspecified atom stereocenters. The van der Waals surface area contributed by atoms with Crippen molar-refractivity contribution in [1.29, 1.82) is 0 Å². The zero-order chi connectivity index (χ0) is 31.4. The van der Waals surface area contributed by atoms with Gasteiger partial charge in [-0.15, -0.1) is 0 Å². The average molecular weight is 574 g/mol. The van der Waals surface area contributed by atoms with Crippen molar-refractivity contribution < 1.29 is 19.1 Å². The maximum Gasteiger partial charge on any atom is 0.408 e. The summed E-state index contributed by atoms with van der Waals surface area (Å²) in [7, 11) is 0. The van der Waals surface area contributed by atoms with Gasteiger partial charge in [0.2, 0.25) is 5.91 Å². The number of ether oxygens (including phenoxy) is 1. The molecule has 0 aliphatic rings. The third-order valence-electron chi connectivity index (χ3n) is 7.60. The van der Waals surface area contributed by atoms with Crippen molar-refractivity contribution >= 4 is 34.4 Å². The lowest BCUT2D eigenvalue weighted by Gasteiger charge is -2.45. The summed E-state index contributed by atoms with van der Waals surface area (Å²) >= 11 is 0. The van der Waals surface area contributed by atoms with Gasteiger partial charge in [-0.25, -0.2) is 4.79 Å². The fourth-order valence-electron chi connectivity index (χ4n) is 5.05. The first-order valence-electron chi connectivity index (χ1n) is 14.7. The van der Waals surface area contributed by atoms with Gasteiger partial charge < -0.3 is 20.3 Å². The van der Waals surface area contributed by atoms with E-state index < -0.39 is 29.3 Å². The average Bonchev–Trinajstić information content (AvgIpc) is 2.89. The van der Waals surface area contributed by atoms with Crippen LogP contribution >= 0.6 is 0 Å². The monoisotopic (exact) mass is 573 g/mol. The molecule has 3 rings (SSSR count). The molecule has 0 bridgehead atoms. The van der Waals surface area contributed by atoms with Crippen LogP contribution in [0.4, 0.5) is 10.5 Å². The van der Waals surface area contributed by atoms with Gasteiger partial charge in [0.05, 0.1) is 0 Å². The van der Waals surface area contributed by atoms with Gasteiger partial charge in [0.25, 0.3) is 5.91 Å². The van der Waals surface area contributed by atoms with Crippen molar-refractivity contribution in [2.45, 2.75) is 98.9 Å². The molecule has 2 N–H and O–H groups in total. The van der Waals surface area contributed by atoms with Crippen molar-refractivity contribution in [1.82, 2.24) is 10.2 Å². The summed E-state index contributed by atoms with van der Waals surface area (Å²) in [6, 6.07) is 17.8. The highest BCUT2D eigenvalue weighted by atomic mass is 16.6. The Labute approximate surface area is 251 Å². The van der Waals surface area contributed by atoms with E-state index in [2.05, 4.69) is 10.6 Å². The summed E-state index contributed by atoms with van der Waals surface area (Å²) in [4.78, 5) is 43.5. The molecule has 0 aromatic heterocycles. The fourth-order valence-corrected chi connectivity index (χ4v) is 5.05. The van der Waals surface area contributed by atoms with Gasteiger partial charge in [-0.1, -0.05) is 74.9 Å². The van der Waals surface area contributed by atoms with Crippen molar-refractivity contribution in [2.75, 3.05) is 5.32 Å². The molecule has 0 heterocycles. The summed E-state index contributed by atoms with van der Waals surface area (Å²) in [5.74, 6) is -0.934. The minimum Gasteiger partial charge on any atom is -0.444 e. The Morgan fingerprint density at radius 1 is 0.881 bits per heavy atom. The number of benzene rings is 3. The third-order valence-corrected chi connectivity index (χ3v) is 7.60. The maximum absolute atomic E-state index is 14.6. The Balaban J connectivity index is 2.13. The predicted molar refractivity (Wildman–Crippen MR) is 170 cm³/mol. The van der Waals surface area contributed by atoms with E-state index in [1.807, 2.05) is 109 Å². The van der Waals surface area contributed by atoms with Gasteiger partial charge >= 0.3 is 6.09 Å². The SMILES string of the molecule is CCC(C)(C)N(C(=O)C(NC(=O)OC(C)(C)C)C(C)C)C(C(=O)Nc1ccc2ccccc2c1)c1ccc(C)cc1C. The van der Waals surface area contributed by atoms with Crippen LogP contribution < -0.4 is 10.6 Å². The van der Waals surface area contributed by atoms with Gasteiger partial charge in [0.1, 0.15) is 17.7 Å². The van der Waals surface area contributed by atoms with Gasteiger partial charge in [-0.2, -0.15) is 0 Å². The minimum atomic E-state index is -0.957. The first-order valence-corrected chi connectivity index (χ1v) is 14.7. The molecule has 0 saturated carbocycles. The molecule has 0 saturated heterocycles. The van der Waals surface area contributed by atoms with Gasteiger partial charge in [-0.05, 0) is 94.8 Å². The van der Waals surface area contributed by atoms with Crippen LogP contribution in [-0.2, 0) is 14.3 Å². The van der Waals surface area contributed by atoms with Crippen LogP contribution in [0.15, 0.2) is 60.7 Å². The fraction of sp³-hybridized carbons (Fsp3) is 0.457. The zero-order valence-corrected chi connectivity index (χ0v) is 26.8. The summed E-state index contributed by atoms with van der Waals surface area (Å²) in [6.45, 7) is 18.9. The number of nitrogens with zero attached hydrogens (tertiary/aromatic N) is 1. The highest BCUT2D eigenvalue weighted by Crippen LogP contribution is 2.35.